The fourth-order valence-electron chi connectivity index (χ4n) is 2.93. The van der Waals surface area contributed by atoms with Crippen LogP contribution in [0.5, 0.6) is 0 Å². The summed E-state index contributed by atoms with van der Waals surface area (Å²) in [7, 11) is 0. The van der Waals surface area contributed by atoms with Crippen molar-refractivity contribution in [1.82, 2.24) is 5.32 Å². The molecular formula is C14H27NO2. The summed E-state index contributed by atoms with van der Waals surface area (Å²) >= 11 is 0. The van der Waals surface area contributed by atoms with Crippen LogP contribution in [0.25, 0.3) is 0 Å². The highest BCUT2D eigenvalue weighted by Crippen LogP contribution is 2.38. The standard InChI is InChI=1S/C14H27NO2/c1-10(2)12(13(16)17)15-9-11-6-5-7-14(3,4)8-11/h10-12,15H,5-9H2,1-4H3,(H,16,17)/t11-,12+/m0/s1. The Kier molecular flexibility index (Phi) is 4.99. The van der Waals surface area contributed by atoms with Crippen molar-refractivity contribution in [3.8, 4) is 0 Å². The normalized spacial score (nSPS) is 25.8. The molecule has 1 rings (SSSR count). The predicted octanol–water partition coefficient (Wildman–Crippen LogP) is 2.90. The van der Waals surface area contributed by atoms with Crippen molar-refractivity contribution >= 4 is 5.97 Å². The lowest BCUT2D eigenvalue weighted by Crippen LogP contribution is -2.44. The first-order chi connectivity index (χ1) is 7.82. The Hall–Kier alpha value is -0.570. The third-order valence-corrected chi connectivity index (χ3v) is 3.87. The summed E-state index contributed by atoms with van der Waals surface area (Å²) in [5.74, 6) is 0.0542. The highest BCUT2D eigenvalue weighted by Gasteiger charge is 2.29. The molecular weight excluding hydrogens is 214 g/mol. The third kappa shape index (κ3) is 4.66. The van der Waals surface area contributed by atoms with E-state index in [-0.39, 0.29) is 5.92 Å². The Morgan fingerprint density at radius 3 is 2.59 bits per heavy atom. The fraction of sp³-hybridized carbons (Fsp3) is 0.929. The molecule has 0 heterocycles. The maximum absolute atomic E-state index is 11.1. The summed E-state index contributed by atoms with van der Waals surface area (Å²) in [5.41, 5.74) is 0.432. The van der Waals surface area contributed by atoms with Crippen molar-refractivity contribution in [3.63, 3.8) is 0 Å². The van der Waals surface area contributed by atoms with Gasteiger partial charge in [0, 0.05) is 0 Å². The Morgan fingerprint density at radius 1 is 1.47 bits per heavy atom. The zero-order valence-corrected chi connectivity index (χ0v) is 11.6. The number of carboxylic acid groups (broad SMARTS) is 1. The van der Waals surface area contributed by atoms with E-state index in [2.05, 4.69) is 19.2 Å². The number of aliphatic carboxylic acids is 1. The second-order valence-electron chi connectivity index (χ2n) is 6.59. The van der Waals surface area contributed by atoms with Gasteiger partial charge in [0.25, 0.3) is 0 Å². The van der Waals surface area contributed by atoms with Gasteiger partial charge in [-0.15, -0.1) is 0 Å². The van der Waals surface area contributed by atoms with E-state index in [1.54, 1.807) is 0 Å². The number of hydrogen-bond acceptors (Lipinski definition) is 2. The Labute approximate surface area is 105 Å². The zero-order chi connectivity index (χ0) is 13.1. The molecule has 1 fully saturated rings. The fourth-order valence-corrected chi connectivity index (χ4v) is 2.93. The molecule has 3 nitrogen and oxygen atoms in total. The molecule has 2 N–H and O–H groups in total. The number of rotatable bonds is 5. The molecule has 0 aromatic heterocycles. The van der Waals surface area contributed by atoms with Crippen molar-refractivity contribution < 1.29 is 9.90 Å². The van der Waals surface area contributed by atoms with Crippen LogP contribution in [0, 0.1) is 17.3 Å². The SMILES string of the molecule is CC(C)[C@@H](NC[C@H]1CCCC(C)(C)C1)C(=O)O. The lowest BCUT2D eigenvalue weighted by molar-refractivity contribution is -0.140. The number of carboxylic acids is 1. The number of nitrogens with one attached hydrogen (secondary N) is 1. The van der Waals surface area contributed by atoms with Crippen molar-refractivity contribution in [2.75, 3.05) is 6.54 Å². The predicted molar refractivity (Wildman–Crippen MR) is 70.0 cm³/mol. The zero-order valence-electron chi connectivity index (χ0n) is 11.6. The van der Waals surface area contributed by atoms with Crippen LogP contribution in [0.2, 0.25) is 0 Å². The molecule has 2 atom stereocenters. The lowest BCUT2D eigenvalue weighted by atomic mass is 9.72. The minimum Gasteiger partial charge on any atom is -0.480 e. The summed E-state index contributed by atoms with van der Waals surface area (Å²) in [6.45, 7) is 9.39. The Bertz CT molecular complexity index is 261. The van der Waals surface area contributed by atoms with Crippen LogP contribution < -0.4 is 5.32 Å². The van der Waals surface area contributed by atoms with Crippen LogP contribution in [0.1, 0.15) is 53.4 Å². The molecule has 0 unspecified atom stereocenters. The van der Waals surface area contributed by atoms with E-state index in [0.717, 1.165) is 6.54 Å². The molecule has 0 aromatic rings. The summed E-state index contributed by atoms with van der Waals surface area (Å²) in [4.78, 5) is 11.1. The maximum Gasteiger partial charge on any atom is 0.320 e. The number of carbonyl (C=O) groups is 1. The Morgan fingerprint density at radius 2 is 2.12 bits per heavy atom. The summed E-state index contributed by atoms with van der Waals surface area (Å²) in [6.07, 6.45) is 5.03. The monoisotopic (exact) mass is 241 g/mol. The van der Waals surface area contributed by atoms with Gasteiger partial charge in [-0.05, 0) is 43.1 Å². The van der Waals surface area contributed by atoms with Gasteiger partial charge in [0.15, 0.2) is 0 Å². The first-order valence-electron chi connectivity index (χ1n) is 6.78. The quantitative estimate of drug-likeness (QED) is 0.778. The van der Waals surface area contributed by atoms with Crippen molar-refractivity contribution in [2.24, 2.45) is 17.3 Å². The van der Waals surface area contributed by atoms with E-state index in [1.165, 1.54) is 25.7 Å². The van der Waals surface area contributed by atoms with Crippen molar-refractivity contribution in [3.05, 3.63) is 0 Å². The van der Waals surface area contributed by atoms with Gasteiger partial charge in [-0.2, -0.15) is 0 Å². The molecule has 1 aliphatic carbocycles. The molecule has 1 aliphatic rings. The minimum atomic E-state index is -0.727. The third-order valence-electron chi connectivity index (χ3n) is 3.87. The largest absolute Gasteiger partial charge is 0.480 e. The van der Waals surface area contributed by atoms with Crippen LogP contribution in [0.3, 0.4) is 0 Å². The van der Waals surface area contributed by atoms with E-state index in [0.29, 0.717) is 11.3 Å². The molecule has 0 amide bonds. The molecule has 0 saturated heterocycles. The van der Waals surface area contributed by atoms with Gasteiger partial charge in [-0.1, -0.05) is 34.1 Å². The molecule has 0 bridgehead atoms. The Balaban J connectivity index is 2.41. The lowest BCUT2D eigenvalue weighted by Gasteiger charge is -2.36. The average molecular weight is 241 g/mol. The van der Waals surface area contributed by atoms with Crippen LogP contribution in [-0.2, 0) is 4.79 Å². The first kappa shape index (κ1) is 14.5. The highest BCUT2D eigenvalue weighted by molar-refractivity contribution is 5.73. The van der Waals surface area contributed by atoms with Gasteiger partial charge >= 0.3 is 5.97 Å². The second kappa shape index (κ2) is 5.85. The van der Waals surface area contributed by atoms with Crippen LogP contribution >= 0.6 is 0 Å². The van der Waals surface area contributed by atoms with Crippen molar-refractivity contribution in [1.29, 1.82) is 0 Å². The average Bonchev–Trinajstić information content (AvgIpc) is 2.15. The van der Waals surface area contributed by atoms with Gasteiger partial charge in [-0.3, -0.25) is 4.79 Å². The van der Waals surface area contributed by atoms with Crippen LogP contribution in [0.15, 0.2) is 0 Å². The van der Waals surface area contributed by atoms with E-state index >= 15 is 0 Å². The summed E-state index contributed by atoms with van der Waals surface area (Å²) in [6, 6.07) is -0.403. The van der Waals surface area contributed by atoms with Crippen molar-refractivity contribution in [2.45, 2.75) is 59.4 Å². The van der Waals surface area contributed by atoms with Gasteiger partial charge < -0.3 is 10.4 Å². The van der Waals surface area contributed by atoms with E-state index < -0.39 is 12.0 Å². The van der Waals surface area contributed by atoms with Gasteiger partial charge in [0.2, 0.25) is 0 Å². The van der Waals surface area contributed by atoms with Crippen LogP contribution in [-0.4, -0.2) is 23.7 Å². The molecule has 3 heteroatoms. The highest BCUT2D eigenvalue weighted by atomic mass is 16.4. The molecule has 0 aliphatic heterocycles. The van der Waals surface area contributed by atoms with E-state index in [1.807, 2.05) is 13.8 Å². The minimum absolute atomic E-state index is 0.143. The van der Waals surface area contributed by atoms with Gasteiger partial charge in [0.05, 0.1) is 0 Å². The van der Waals surface area contributed by atoms with Crippen LogP contribution in [0.4, 0.5) is 0 Å². The van der Waals surface area contributed by atoms with E-state index in [9.17, 15) is 4.79 Å². The summed E-state index contributed by atoms with van der Waals surface area (Å²) < 4.78 is 0. The molecule has 0 spiro atoms. The summed E-state index contributed by atoms with van der Waals surface area (Å²) in [5, 5.41) is 12.3. The maximum atomic E-state index is 11.1. The second-order valence-corrected chi connectivity index (χ2v) is 6.59. The number of hydrogen-bond donors (Lipinski definition) is 2. The topological polar surface area (TPSA) is 49.3 Å². The molecule has 1 saturated carbocycles. The molecule has 17 heavy (non-hydrogen) atoms. The first-order valence-corrected chi connectivity index (χ1v) is 6.78. The van der Waals surface area contributed by atoms with Gasteiger partial charge in [-0.25, -0.2) is 0 Å². The van der Waals surface area contributed by atoms with Gasteiger partial charge in [0.1, 0.15) is 6.04 Å². The molecule has 0 aromatic carbocycles. The van der Waals surface area contributed by atoms with E-state index in [4.69, 9.17) is 5.11 Å². The molecule has 0 radical (unpaired) electrons. The smallest absolute Gasteiger partial charge is 0.320 e. The molecule has 100 valence electrons.